The van der Waals surface area contributed by atoms with E-state index in [2.05, 4.69) is 15.4 Å². The molecule has 0 spiro atoms. The summed E-state index contributed by atoms with van der Waals surface area (Å²) in [5.74, 6) is 0.863. The van der Waals surface area contributed by atoms with Gasteiger partial charge in [-0.2, -0.15) is 5.10 Å². The van der Waals surface area contributed by atoms with Gasteiger partial charge in [0.2, 0.25) is 0 Å². The van der Waals surface area contributed by atoms with Crippen LogP contribution in [0.5, 0.6) is 5.75 Å². The van der Waals surface area contributed by atoms with Crippen LogP contribution in [0.1, 0.15) is 10.4 Å². The van der Waals surface area contributed by atoms with Crippen molar-refractivity contribution in [1.82, 2.24) is 20.3 Å². The van der Waals surface area contributed by atoms with E-state index in [-0.39, 0.29) is 18.6 Å². The largest absolute Gasteiger partial charge is 0.490 e. The van der Waals surface area contributed by atoms with Gasteiger partial charge in [-0.3, -0.25) is 9.89 Å². The van der Waals surface area contributed by atoms with Gasteiger partial charge in [-0.25, -0.2) is 0 Å². The number of rotatable bonds is 8. The van der Waals surface area contributed by atoms with E-state index < -0.39 is 0 Å². The van der Waals surface area contributed by atoms with Gasteiger partial charge in [-0.05, 0) is 18.2 Å². The van der Waals surface area contributed by atoms with E-state index in [0.717, 1.165) is 16.5 Å². The van der Waals surface area contributed by atoms with Crippen LogP contribution >= 0.6 is 11.6 Å². The Morgan fingerprint density at radius 3 is 2.86 bits per heavy atom. The number of nitrogens with one attached hydrogen (secondary N) is 1. The second kappa shape index (κ2) is 10.7. The number of hydrogen-bond donors (Lipinski definition) is 2. The lowest BCUT2D eigenvalue weighted by atomic mass is 10.1. The molecule has 1 atom stereocenters. The molecule has 2 N–H and O–H groups in total. The van der Waals surface area contributed by atoms with Crippen LogP contribution in [0.2, 0.25) is 5.02 Å². The molecule has 5 rings (SSSR count). The van der Waals surface area contributed by atoms with Crippen LogP contribution in [0.3, 0.4) is 0 Å². The number of carbonyl (C=O) groups is 1. The zero-order valence-electron chi connectivity index (χ0n) is 19.6. The van der Waals surface area contributed by atoms with Gasteiger partial charge in [0, 0.05) is 42.3 Å². The Kier molecular flexibility index (Phi) is 7.19. The third-order valence-electron chi connectivity index (χ3n) is 6.03. The SMILES string of the molecule is COCCOc1cc2[nH]nc(-c3cc(-c4ccc(C(=O)N5CCOC[C@H]5CO)cc4)no3)c2cc1Cl. The van der Waals surface area contributed by atoms with Crippen LogP contribution < -0.4 is 4.74 Å². The molecule has 2 aromatic carbocycles. The Hall–Kier alpha value is -3.44. The molecule has 0 radical (unpaired) electrons. The molecule has 11 heteroatoms. The summed E-state index contributed by atoms with van der Waals surface area (Å²) in [6, 6.07) is 12.1. The minimum atomic E-state index is -0.339. The van der Waals surface area contributed by atoms with Crippen molar-refractivity contribution in [3.63, 3.8) is 0 Å². The minimum absolute atomic E-state index is 0.138. The lowest BCUT2D eigenvalue weighted by molar-refractivity contribution is -0.0183. The third-order valence-corrected chi connectivity index (χ3v) is 6.33. The number of benzene rings is 2. The maximum Gasteiger partial charge on any atom is 0.254 e. The summed E-state index contributed by atoms with van der Waals surface area (Å²) < 4.78 is 21.6. The van der Waals surface area contributed by atoms with Crippen LogP contribution in [0, 0.1) is 0 Å². The van der Waals surface area contributed by atoms with Crippen LogP contribution in [-0.2, 0) is 9.47 Å². The smallest absolute Gasteiger partial charge is 0.254 e. The summed E-state index contributed by atoms with van der Waals surface area (Å²) in [6.07, 6.45) is 0. The van der Waals surface area contributed by atoms with E-state index in [1.54, 1.807) is 42.3 Å². The van der Waals surface area contributed by atoms with Crippen molar-refractivity contribution in [1.29, 1.82) is 0 Å². The predicted molar refractivity (Wildman–Crippen MR) is 132 cm³/mol. The first-order chi connectivity index (χ1) is 17.6. The molecular weight excluding hydrogens is 488 g/mol. The summed E-state index contributed by atoms with van der Waals surface area (Å²) in [4.78, 5) is 14.6. The highest BCUT2D eigenvalue weighted by Gasteiger charge is 2.27. The van der Waals surface area contributed by atoms with Crippen molar-refractivity contribution < 1.29 is 28.6 Å². The maximum atomic E-state index is 12.9. The number of H-pyrrole nitrogens is 1. The number of methoxy groups -OCH3 is 1. The fourth-order valence-corrected chi connectivity index (χ4v) is 4.32. The number of fused-ring (bicyclic) bond motifs is 1. The van der Waals surface area contributed by atoms with Gasteiger partial charge in [0.05, 0.1) is 43.0 Å². The van der Waals surface area contributed by atoms with Crippen molar-refractivity contribution >= 4 is 28.4 Å². The van der Waals surface area contributed by atoms with Gasteiger partial charge in [0.15, 0.2) is 5.76 Å². The van der Waals surface area contributed by atoms with Crippen LogP contribution in [0.25, 0.3) is 33.6 Å². The van der Waals surface area contributed by atoms with E-state index in [9.17, 15) is 9.90 Å². The number of nitrogens with zero attached hydrogens (tertiary/aromatic N) is 3. The molecular formula is C25H25ClN4O6. The molecule has 1 fully saturated rings. The molecule has 2 aromatic heterocycles. The number of aliphatic hydroxyl groups is 1. The zero-order valence-corrected chi connectivity index (χ0v) is 20.3. The number of amides is 1. The lowest BCUT2D eigenvalue weighted by Crippen LogP contribution is -2.50. The topological polar surface area (TPSA) is 123 Å². The molecule has 0 aliphatic carbocycles. The molecule has 0 unspecified atom stereocenters. The molecule has 0 bridgehead atoms. The summed E-state index contributed by atoms with van der Waals surface area (Å²) in [7, 11) is 1.60. The second-order valence-electron chi connectivity index (χ2n) is 8.31. The van der Waals surface area contributed by atoms with Crippen LogP contribution in [0.15, 0.2) is 47.0 Å². The molecule has 1 aliphatic rings. The fraction of sp³-hybridized carbons (Fsp3) is 0.320. The van der Waals surface area contributed by atoms with Gasteiger partial charge in [0.25, 0.3) is 5.91 Å². The van der Waals surface area contributed by atoms with Crippen LogP contribution in [-0.4, -0.2) is 84.0 Å². The van der Waals surface area contributed by atoms with E-state index in [4.69, 9.17) is 30.3 Å². The van der Waals surface area contributed by atoms with Gasteiger partial charge >= 0.3 is 0 Å². The van der Waals surface area contributed by atoms with E-state index in [1.807, 2.05) is 12.1 Å². The standard InChI is InChI=1S/C25H25ClN4O6/c1-33-8-9-35-22-12-21-18(10-19(22)26)24(28-27-21)23-11-20(29-36-23)15-2-4-16(5-3-15)25(32)30-6-7-34-14-17(30)13-31/h2-5,10-12,17,31H,6-9,13-14H2,1H3,(H,27,28)/t17-/m1/s1. The molecule has 1 aliphatic heterocycles. The number of aromatic amines is 1. The van der Waals surface area contributed by atoms with Gasteiger partial charge in [0.1, 0.15) is 23.7 Å². The molecule has 188 valence electrons. The predicted octanol–water partition coefficient (Wildman–Crippen LogP) is 3.40. The monoisotopic (exact) mass is 512 g/mol. The number of aromatic nitrogens is 3. The van der Waals surface area contributed by atoms with Crippen molar-refractivity contribution in [3.8, 4) is 28.5 Å². The summed E-state index contributed by atoms with van der Waals surface area (Å²) in [6.45, 7) is 1.93. The highest BCUT2D eigenvalue weighted by molar-refractivity contribution is 6.33. The molecule has 0 saturated carbocycles. The molecule has 1 saturated heterocycles. The number of halogens is 1. The highest BCUT2D eigenvalue weighted by atomic mass is 35.5. The van der Waals surface area contributed by atoms with Crippen molar-refractivity contribution in [2.75, 3.05) is 46.7 Å². The highest BCUT2D eigenvalue weighted by Crippen LogP contribution is 2.35. The summed E-state index contributed by atoms with van der Waals surface area (Å²) in [5, 5.41) is 22.3. The molecule has 4 aromatic rings. The Labute approximate surface area is 211 Å². The van der Waals surface area contributed by atoms with Gasteiger partial charge in [-0.15, -0.1) is 0 Å². The molecule has 36 heavy (non-hydrogen) atoms. The van der Waals surface area contributed by atoms with Gasteiger partial charge in [-0.1, -0.05) is 28.9 Å². The Morgan fingerprint density at radius 1 is 1.25 bits per heavy atom. The van der Waals surface area contributed by atoms with E-state index >= 15 is 0 Å². The molecule has 10 nitrogen and oxygen atoms in total. The average molecular weight is 513 g/mol. The molecule has 3 heterocycles. The number of aliphatic hydroxyl groups excluding tert-OH is 1. The zero-order chi connectivity index (χ0) is 25.1. The minimum Gasteiger partial charge on any atom is -0.490 e. The normalized spacial score (nSPS) is 16.0. The number of hydrogen-bond acceptors (Lipinski definition) is 8. The fourth-order valence-electron chi connectivity index (χ4n) is 4.10. The summed E-state index contributed by atoms with van der Waals surface area (Å²) in [5.41, 5.74) is 3.23. The average Bonchev–Trinajstić information content (AvgIpc) is 3.56. The molecule has 1 amide bonds. The first-order valence-electron chi connectivity index (χ1n) is 11.5. The first-order valence-corrected chi connectivity index (χ1v) is 11.8. The number of ether oxygens (including phenoxy) is 3. The summed E-state index contributed by atoms with van der Waals surface area (Å²) >= 11 is 6.41. The van der Waals surface area contributed by atoms with Crippen molar-refractivity contribution in [3.05, 3.63) is 53.1 Å². The van der Waals surface area contributed by atoms with Crippen molar-refractivity contribution in [2.45, 2.75) is 6.04 Å². The third kappa shape index (κ3) is 4.80. The van der Waals surface area contributed by atoms with Crippen molar-refractivity contribution in [2.24, 2.45) is 0 Å². The van der Waals surface area contributed by atoms with E-state index in [1.165, 1.54) is 0 Å². The quantitative estimate of drug-likeness (QED) is 0.344. The first kappa shape index (κ1) is 24.3. The number of carbonyl (C=O) groups excluding carboxylic acids is 1. The maximum absolute atomic E-state index is 12.9. The van der Waals surface area contributed by atoms with Gasteiger partial charge < -0.3 is 28.7 Å². The van der Waals surface area contributed by atoms with E-state index in [0.29, 0.717) is 66.5 Å². The number of morpholine rings is 1. The lowest BCUT2D eigenvalue weighted by Gasteiger charge is -2.34. The Bertz CT molecular complexity index is 1350. The Morgan fingerprint density at radius 2 is 2.08 bits per heavy atom. The Balaban J connectivity index is 1.35. The second-order valence-corrected chi connectivity index (χ2v) is 8.71. The van der Waals surface area contributed by atoms with Crippen LogP contribution in [0.4, 0.5) is 0 Å².